The van der Waals surface area contributed by atoms with Gasteiger partial charge in [0.2, 0.25) is 5.88 Å². The number of fused-ring (bicyclic) bond motifs is 1. The molecule has 4 nitrogen and oxygen atoms in total. The minimum atomic E-state index is 0.0519. The molecule has 28 heavy (non-hydrogen) atoms. The summed E-state index contributed by atoms with van der Waals surface area (Å²) >= 11 is 24.5. The van der Waals surface area contributed by atoms with Crippen LogP contribution >= 0.6 is 46.4 Å². The first-order chi connectivity index (χ1) is 13.5. The monoisotopic (exact) mass is 450 g/mol. The lowest BCUT2D eigenvalue weighted by Gasteiger charge is -2.12. The summed E-state index contributed by atoms with van der Waals surface area (Å²) in [6.07, 6.45) is 0. The van der Waals surface area contributed by atoms with E-state index >= 15 is 0 Å². The molecule has 0 unspecified atom stereocenters. The minimum Gasteiger partial charge on any atom is -0.437 e. The summed E-state index contributed by atoms with van der Waals surface area (Å²) in [6, 6.07) is 17.2. The van der Waals surface area contributed by atoms with Gasteiger partial charge in [-0.3, -0.25) is 0 Å². The summed E-state index contributed by atoms with van der Waals surface area (Å²) in [5.74, 6) is 0.962. The summed E-state index contributed by atoms with van der Waals surface area (Å²) in [7, 11) is 0. The van der Waals surface area contributed by atoms with Crippen molar-refractivity contribution in [2.45, 2.75) is 0 Å². The van der Waals surface area contributed by atoms with Gasteiger partial charge in [0.15, 0.2) is 5.75 Å². The van der Waals surface area contributed by atoms with Crippen molar-refractivity contribution >= 4 is 57.3 Å². The topological polar surface area (TPSA) is 44.2 Å². The molecule has 0 aliphatic rings. The van der Waals surface area contributed by atoms with E-state index in [-0.39, 0.29) is 11.9 Å². The van der Waals surface area contributed by atoms with Crippen LogP contribution in [0.1, 0.15) is 0 Å². The summed E-state index contributed by atoms with van der Waals surface area (Å²) in [5.41, 5.74) is 0.624. The van der Waals surface area contributed by atoms with E-state index in [1.54, 1.807) is 36.4 Å². The Morgan fingerprint density at radius 1 is 0.643 bits per heavy atom. The maximum Gasteiger partial charge on any atom is 0.325 e. The van der Waals surface area contributed by atoms with E-state index in [0.717, 1.165) is 0 Å². The Kier molecular flexibility index (Phi) is 5.47. The molecule has 0 spiro atoms. The van der Waals surface area contributed by atoms with E-state index in [1.807, 2.05) is 24.3 Å². The van der Waals surface area contributed by atoms with Gasteiger partial charge in [0.25, 0.3) is 0 Å². The normalized spacial score (nSPS) is 10.9. The zero-order chi connectivity index (χ0) is 19.7. The number of ether oxygens (including phenoxy) is 2. The van der Waals surface area contributed by atoms with Crippen LogP contribution in [-0.2, 0) is 0 Å². The van der Waals surface area contributed by atoms with Crippen molar-refractivity contribution in [3.63, 3.8) is 0 Å². The Balaban J connectivity index is 1.79. The van der Waals surface area contributed by atoms with Crippen LogP contribution in [0.4, 0.5) is 0 Å². The quantitative estimate of drug-likeness (QED) is 0.317. The smallest absolute Gasteiger partial charge is 0.325 e. The van der Waals surface area contributed by atoms with Crippen molar-refractivity contribution in [2.75, 3.05) is 0 Å². The molecule has 0 saturated carbocycles. The van der Waals surface area contributed by atoms with Crippen molar-refractivity contribution in [2.24, 2.45) is 0 Å². The number of para-hydroxylation sites is 1. The van der Waals surface area contributed by atoms with E-state index < -0.39 is 0 Å². The molecule has 0 saturated heterocycles. The Morgan fingerprint density at radius 3 is 1.93 bits per heavy atom. The summed E-state index contributed by atoms with van der Waals surface area (Å²) in [5, 5.41) is 2.42. The molecule has 4 aromatic rings. The van der Waals surface area contributed by atoms with E-state index in [9.17, 15) is 0 Å². The van der Waals surface area contributed by atoms with E-state index in [0.29, 0.717) is 42.5 Å². The second-order valence-electron chi connectivity index (χ2n) is 5.68. The van der Waals surface area contributed by atoms with Crippen LogP contribution in [0.3, 0.4) is 0 Å². The number of hydrogen-bond acceptors (Lipinski definition) is 4. The lowest BCUT2D eigenvalue weighted by atomic mass is 10.2. The van der Waals surface area contributed by atoms with Crippen molar-refractivity contribution in [3.8, 4) is 23.4 Å². The highest BCUT2D eigenvalue weighted by Crippen LogP contribution is 2.36. The average molecular weight is 452 g/mol. The Morgan fingerprint density at radius 2 is 1.25 bits per heavy atom. The third-order valence-corrected chi connectivity index (χ3v) is 4.84. The van der Waals surface area contributed by atoms with Gasteiger partial charge >= 0.3 is 6.01 Å². The van der Waals surface area contributed by atoms with Crippen LogP contribution in [0.2, 0.25) is 20.1 Å². The molecule has 0 atom stereocenters. The predicted octanol–water partition coefficient (Wildman–Crippen LogP) is 7.83. The minimum absolute atomic E-state index is 0.0519. The molecule has 1 heterocycles. The standard InChI is InChI=1S/C20H10Cl4N2O2/c21-11-5-7-14(23)17(9-11)27-19-13-3-1-2-4-16(13)25-20(26-19)28-18-10-12(22)6-8-15(18)24/h1-10H. The average Bonchev–Trinajstić information content (AvgIpc) is 2.67. The number of hydrogen-bond donors (Lipinski definition) is 0. The summed E-state index contributed by atoms with van der Waals surface area (Å²) < 4.78 is 11.7. The molecule has 0 aliphatic carbocycles. The van der Waals surface area contributed by atoms with Crippen LogP contribution < -0.4 is 9.47 Å². The van der Waals surface area contributed by atoms with Crippen molar-refractivity contribution in [3.05, 3.63) is 80.8 Å². The summed E-state index contributed by atoms with van der Waals surface area (Å²) in [4.78, 5) is 8.78. The van der Waals surface area contributed by atoms with Gasteiger partial charge in [0.05, 0.1) is 20.9 Å². The van der Waals surface area contributed by atoms with E-state index in [2.05, 4.69) is 9.97 Å². The molecule has 0 bridgehead atoms. The maximum atomic E-state index is 6.21. The SMILES string of the molecule is Clc1ccc(Cl)c(Oc2nc(Oc3cc(Cl)ccc3Cl)c3ccccc3n2)c1. The van der Waals surface area contributed by atoms with Gasteiger partial charge in [-0.05, 0) is 36.4 Å². The zero-order valence-electron chi connectivity index (χ0n) is 14.0. The van der Waals surface area contributed by atoms with Crippen LogP contribution in [0.25, 0.3) is 10.9 Å². The number of halogens is 4. The van der Waals surface area contributed by atoms with Gasteiger partial charge in [0, 0.05) is 22.2 Å². The number of rotatable bonds is 4. The van der Waals surface area contributed by atoms with Gasteiger partial charge in [-0.2, -0.15) is 9.97 Å². The number of aromatic nitrogens is 2. The highest BCUT2D eigenvalue weighted by Gasteiger charge is 2.14. The van der Waals surface area contributed by atoms with Crippen molar-refractivity contribution < 1.29 is 9.47 Å². The molecule has 0 N–H and O–H groups in total. The molecule has 0 aliphatic heterocycles. The van der Waals surface area contributed by atoms with Crippen LogP contribution in [0.15, 0.2) is 60.7 Å². The molecule has 0 fully saturated rings. The van der Waals surface area contributed by atoms with Gasteiger partial charge in [-0.1, -0.05) is 58.5 Å². The maximum absolute atomic E-state index is 6.21. The molecule has 0 amide bonds. The molecule has 0 radical (unpaired) electrons. The fraction of sp³-hybridized carbons (Fsp3) is 0. The molecule has 1 aromatic heterocycles. The highest BCUT2D eigenvalue weighted by atomic mass is 35.5. The zero-order valence-corrected chi connectivity index (χ0v) is 17.0. The molecular formula is C20H10Cl4N2O2. The second kappa shape index (κ2) is 8.02. The first-order valence-electron chi connectivity index (χ1n) is 8.02. The molecule has 8 heteroatoms. The summed E-state index contributed by atoms with van der Waals surface area (Å²) in [6.45, 7) is 0. The van der Waals surface area contributed by atoms with Crippen LogP contribution in [0, 0.1) is 0 Å². The molecule has 4 rings (SSSR count). The third-order valence-electron chi connectivity index (χ3n) is 3.74. The largest absolute Gasteiger partial charge is 0.437 e. The van der Waals surface area contributed by atoms with Crippen molar-refractivity contribution in [1.82, 2.24) is 9.97 Å². The third kappa shape index (κ3) is 4.10. The second-order valence-corrected chi connectivity index (χ2v) is 7.37. The molecule has 140 valence electrons. The van der Waals surface area contributed by atoms with Gasteiger partial charge < -0.3 is 9.47 Å². The van der Waals surface area contributed by atoms with Gasteiger partial charge in [-0.15, -0.1) is 0 Å². The predicted molar refractivity (Wildman–Crippen MR) is 113 cm³/mol. The Labute approximate surface area is 180 Å². The van der Waals surface area contributed by atoms with Crippen LogP contribution in [0.5, 0.6) is 23.4 Å². The number of nitrogens with zero attached hydrogens (tertiary/aromatic N) is 2. The Bertz CT molecular complexity index is 1180. The number of benzene rings is 3. The van der Waals surface area contributed by atoms with Crippen LogP contribution in [-0.4, -0.2) is 9.97 Å². The fourth-order valence-corrected chi connectivity index (χ4v) is 3.10. The fourth-order valence-electron chi connectivity index (χ4n) is 2.46. The molecule has 3 aromatic carbocycles. The van der Waals surface area contributed by atoms with E-state index in [4.69, 9.17) is 55.9 Å². The first-order valence-corrected chi connectivity index (χ1v) is 9.53. The van der Waals surface area contributed by atoms with E-state index in [1.165, 1.54) is 0 Å². The Hall–Kier alpha value is -2.24. The first kappa shape index (κ1) is 19.1. The van der Waals surface area contributed by atoms with Gasteiger partial charge in [0.1, 0.15) is 5.75 Å². The van der Waals surface area contributed by atoms with Gasteiger partial charge in [-0.25, -0.2) is 0 Å². The molecular weight excluding hydrogens is 442 g/mol. The highest BCUT2D eigenvalue weighted by molar-refractivity contribution is 6.34. The van der Waals surface area contributed by atoms with Crippen molar-refractivity contribution in [1.29, 1.82) is 0 Å². The lowest BCUT2D eigenvalue weighted by molar-refractivity contribution is 0.417. The lowest BCUT2D eigenvalue weighted by Crippen LogP contribution is -1.97.